The van der Waals surface area contributed by atoms with Crippen molar-refractivity contribution in [1.29, 1.82) is 0 Å². The summed E-state index contributed by atoms with van der Waals surface area (Å²) in [5.41, 5.74) is 3.91. The monoisotopic (exact) mass is 318 g/mol. The number of aryl methyl sites for hydroxylation is 1. The predicted octanol–water partition coefficient (Wildman–Crippen LogP) is 3.85. The van der Waals surface area contributed by atoms with Gasteiger partial charge in [-0.05, 0) is 30.7 Å². The first-order chi connectivity index (χ1) is 11.6. The van der Waals surface area contributed by atoms with Crippen molar-refractivity contribution < 1.29 is 4.92 Å². The first-order valence-corrected chi connectivity index (χ1v) is 7.56. The fourth-order valence-corrected chi connectivity index (χ4v) is 3.05. The van der Waals surface area contributed by atoms with Crippen LogP contribution in [-0.2, 0) is 6.54 Å². The number of nitrogens with zero attached hydrogens (tertiary/aromatic N) is 4. The van der Waals surface area contributed by atoms with Crippen molar-refractivity contribution >= 4 is 27.6 Å². The third kappa shape index (κ3) is 2.20. The molecule has 0 aliphatic carbocycles. The molecule has 0 aliphatic rings. The molecule has 0 saturated heterocycles. The van der Waals surface area contributed by atoms with Gasteiger partial charge in [-0.1, -0.05) is 24.3 Å². The Labute approximate surface area is 137 Å². The van der Waals surface area contributed by atoms with E-state index in [1.807, 2.05) is 41.0 Å². The molecule has 0 radical (unpaired) electrons. The third-order valence-electron chi connectivity index (χ3n) is 4.23. The lowest BCUT2D eigenvalue weighted by atomic mass is 10.1. The fourth-order valence-electron chi connectivity index (χ4n) is 3.05. The Balaban J connectivity index is 1.86. The molecule has 2 aromatic heterocycles. The Bertz CT molecular complexity index is 1080. The predicted molar refractivity (Wildman–Crippen MR) is 92.0 cm³/mol. The molecule has 0 bridgehead atoms. The number of imidazole rings is 1. The number of benzene rings is 2. The van der Waals surface area contributed by atoms with Gasteiger partial charge in [0, 0.05) is 23.7 Å². The number of hydrogen-bond donors (Lipinski definition) is 0. The van der Waals surface area contributed by atoms with Gasteiger partial charge in [0.15, 0.2) is 5.52 Å². The number of nitro benzene ring substituents is 1. The number of hydrogen-bond acceptors (Lipinski definition) is 4. The minimum Gasteiger partial charge on any atom is -0.326 e. The molecule has 4 aromatic rings. The van der Waals surface area contributed by atoms with Crippen molar-refractivity contribution in [3.63, 3.8) is 0 Å². The molecule has 0 atom stereocenters. The molecule has 0 amide bonds. The lowest BCUT2D eigenvalue weighted by Crippen LogP contribution is -2.00. The second kappa shape index (κ2) is 5.42. The topological polar surface area (TPSA) is 73.8 Å². The summed E-state index contributed by atoms with van der Waals surface area (Å²) in [5, 5.41) is 12.4. The summed E-state index contributed by atoms with van der Waals surface area (Å²) < 4.78 is 1.93. The smallest absolute Gasteiger partial charge is 0.299 e. The van der Waals surface area contributed by atoms with Crippen LogP contribution in [0.15, 0.2) is 55.0 Å². The molecule has 24 heavy (non-hydrogen) atoms. The zero-order chi connectivity index (χ0) is 16.7. The lowest BCUT2D eigenvalue weighted by Gasteiger charge is -2.08. The summed E-state index contributed by atoms with van der Waals surface area (Å²) in [6.07, 6.45) is 3.44. The summed E-state index contributed by atoms with van der Waals surface area (Å²) >= 11 is 0. The van der Waals surface area contributed by atoms with E-state index in [0.717, 1.165) is 22.0 Å². The number of nitro groups is 1. The Morgan fingerprint density at radius 1 is 1.12 bits per heavy atom. The Hall–Kier alpha value is -3.28. The highest BCUT2D eigenvalue weighted by atomic mass is 16.6. The number of fused-ring (bicyclic) bond motifs is 2. The van der Waals surface area contributed by atoms with Crippen molar-refractivity contribution in [3.8, 4) is 0 Å². The maximum atomic E-state index is 11.3. The number of aromatic nitrogens is 3. The van der Waals surface area contributed by atoms with Gasteiger partial charge in [0.1, 0.15) is 0 Å². The molecule has 4 rings (SSSR count). The molecule has 0 fully saturated rings. The molecule has 2 heterocycles. The van der Waals surface area contributed by atoms with Crippen LogP contribution in [0.4, 0.5) is 5.69 Å². The largest absolute Gasteiger partial charge is 0.326 e. The van der Waals surface area contributed by atoms with E-state index in [9.17, 15) is 10.1 Å². The molecule has 0 spiro atoms. The molecule has 2 aromatic carbocycles. The summed E-state index contributed by atoms with van der Waals surface area (Å²) in [4.78, 5) is 19.6. The number of rotatable bonds is 3. The molecule has 6 nitrogen and oxygen atoms in total. The Kier molecular flexibility index (Phi) is 3.23. The Morgan fingerprint density at radius 3 is 2.79 bits per heavy atom. The van der Waals surface area contributed by atoms with Gasteiger partial charge >= 0.3 is 0 Å². The lowest BCUT2D eigenvalue weighted by molar-refractivity contribution is -0.383. The van der Waals surface area contributed by atoms with E-state index >= 15 is 0 Å². The van der Waals surface area contributed by atoms with Crippen LogP contribution in [0.25, 0.3) is 21.9 Å². The highest BCUT2D eigenvalue weighted by Gasteiger charge is 2.19. The molecule has 118 valence electrons. The van der Waals surface area contributed by atoms with Crippen LogP contribution in [0, 0.1) is 17.0 Å². The maximum absolute atomic E-state index is 11.3. The van der Waals surface area contributed by atoms with E-state index in [1.54, 1.807) is 25.5 Å². The molecular weight excluding hydrogens is 304 g/mol. The summed E-state index contributed by atoms with van der Waals surface area (Å²) in [6.45, 7) is 2.31. The summed E-state index contributed by atoms with van der Waals surface area (Å²) in [7, 11) is 0. The van der Waals surface area contributed by atoms with Gasteiger partial charge in [-0.3, -0.25) is 15.1 Å². The van der Waals surface area contributed by atoms with Crippen LogP contribution in [0.3, 0.4) is 0 Å². The van der Waals surface area contributed by atoms with Gasteiger partial charge in [-0.15, -0.1) is 0 Å². The number of pyridine rings is 1. The van der Waals surface area contributed by atoms with Crippen molar-refractivity contribution in [2.24, 2.45) is 0 Å². The van der Waals surface area contributed by atoms with Crippen LogP contribution in [-0.4, -0.2) is 19.5 Å². The second-order valence-electron chi connectivity index (χ2n) is 5.72. The molecule has 6 heteroatoms. The minimum absolute atomic E-state index is 0.0748. The minimum atomic E-state index is -0.364. The average molecular weight is 318 g/mol. The SMILES string of the molecule is Cc1ccc2c(ncn2Cc2ccnc3ccccc23)c1[N+](=O)[O-]. The maximum Gasteiger partial charge on any atom is 0.299 e. The van der Waals surface area contributed by atoms with E-state index in [4.69, 9.17) is 0 Å². The molecular formula is C18H14N4O2. The van der Waals surface area contributed by atoms with Gasteiger partial charge in [-0.25, -0.2) is 4.98 Å². The first-order valence-electron chi connectivity index (χ1n) is 7.56. The number of para-hydroxylation sites is 1. The van der Waals surface area contributed by atoms with Crippen LogP contribution in [0.1, 0.15) is 11.1 Å². The zero-order valence-corrected chi connectivity index (χ0v) is 13.0. The van der Waals surface area contributed by atoms with Gasteiger partial charge in [0.05, 0.1) is 22.3 Å². The van der Waals surface area contributed by atoms with Crippen molar-refractivity contribution in [3.05, 3.63) is 76.2 Å². The van der Waals surface area contributed by atoms with E-state index < -0.39 is 0 Å². The van der Waals surface area contributed by atoms with Crippen molar-refractivity contribution in [1.82, 2.24) is 14.5 Å². The van der Waals surface area contributed by atoms with Gasteiger partial charge in [0.25, 0.3) is 5.69 Å². The fraction of sp³-hybridized carbons (Fsp3) is 0.111. The summed E-state index contributed by atoms with van der Waals surface area (Å²) in [6, 6.07) is 13.6. The van der Waals surface area contributed by atoms with E-state index in [1.165, 1.54) is 0 Å². The average Bonchev–Trinajstić information content (AvgIpc) is 2.97. The molecule has 0 saturated carbocycles. The van der Waals surface area contributed by atoms with Crippen molar-refractivity contribution in [2.75, 3.05) is 0 Å². The normalized spacial score (nSPS) is 11.2. The van der Waals surface area contributed by atoms with Crippen LogP contribution in [0.2, 0.25) is 0 Å². The van der Waals surface area contributed by atoms with E-state index in [0.29, 0.717) is 17.6 Å². The standard InChI is InChI=1S/C18H14N4O2/c1-12-6-7-16-17(18(12)22(23)24)20-11-21(16)10-13-8-9-19-15-5-3-2-4-14(13)15/h2-9,11H,10H2,1H3. The molecule has 0 N–H and O–H groups in total. The molecule has 0 aliphatic heterocycles. The van der Waals surface area contributed by atoms with Crippen molar-refractivity contribution in [2.45, 2.75) is 13.5 Å². The van der Waals surface area contributed by atoms with E-state index in [2.05, 4.69) is 9.97 Å². The van der Waals surface area contributed by atoms with Gasteiger partial charge in [-0.2, -0.15) is 0 Å². The van der Waals surface area contributed by atoms with Gasteiger partial charge in [0.2, 0.25) is 0 Å². The summed E-state index contributed by atoms with van der Waals surface area (Å²) in [5.74, 6) is 0. The second-order valence-corrected chi connectivity index (χ2v) is 5.72. The van der Waals surface area contributed by atoms with Crippen LogP contribution in [0.5, 0.6) is 0 Å². The third-order valence-corrected chi connectivity index (χ3v) is 4.23. The molecule has 0 unspecified atom stereocenters. The Morgan fingerprint density at radius 2 is 1.96 bits per heavy atom. The zero-order valence-electron chi connectivity index (χ0n) is 13.0. The highest BCUT2D eigenvalue weighted by Crippen LogP contribution is 2.28. The van der Waals surface area contributed by atoms with Crippen LogP contribution < -0.4 is 0 Å². The van der Waals surface area contributed by atoms with Crippen LogP contribution >= 0.6 is 0 Å². The first kappa shape index (κ1) is 14.3. The highest BCUT2D eigenvalue weighted by molar-refractivity contribution is 5.87. The van der Waals surface area contributed by atoms with Gasteiger partial charge < -0.3 is 4.57 Å². The quantitative estimate of drug-likeness (QED) is 0.425. The van der Waals surface area contributed by atoms with E-state index in [-0.39, 0.29) is 10.6 Å².